The summed E-state index contributed by atoms with van der Waals surface area (Å²) in [7, 11) is 0. The molecule has 0 radical (unpaired) electrons. The summed E-state index contributed by atoms with van der Waals surface area (Å²) in [6.07, 6.45) is 1.42. The topological polar surface area (TPSA) is 84.9 Å². The molecule has 37 heavy (non-hydrogen) atoms. The number of ether oxygens (including phenoxy) is 2. The SMILES string of the molecule is CCOc1cc(/C=C2\C(=O)NC(=O)N(c3cc(Cl)ccc3C)C2=O)ccc1OCc1cc(C)cc(C)c1. The van der Waals surface area contributed by atoms with Crippen LogP contribution in [0.1, 0.15) is 34.7 Å². The zero-order chi connectivity index (χ0) is 26.7. The van der Waals surface area contributed by atoms with Gasteiger partial charge in [-0.2, -0.15) is 0 Å². The van der Waals surface area contributed by atoms with Gasteiger partial charge in [-0.05, 0) is 74.7 Å². The van der Waals surface area contributed by atoms with Crippen LogP contribution in [0.4, 0.5) is 10.5 Å². The normalized spacial score (nSPS) is 14.7. The number of hydrogen-bond donors (Lipinski definition) is 1. The summed E-state index contributed by atoms with van der Waals surface area (Å²) in [5.74, 6) is -0.510. The number of carbonyl (C=O) groups is 3. The zero-order valence-electron chi connectivity index (χ0n) is 21.1. The number of carbonyl (C=O) groups excluding carboxylic acids is 3. The van der Waals surface area contributed by atoms with Crippen LogP contribution in [0.2, 0.25) is 5.02 Å². The first kappa shape index (κ1) is 26.0. The van der Waals surface area contributed by atoms with E-state index in [4.69, 9.17) is 21.1 Å². The highest BCUT2D eigenvalue weighted by Gasteiger charge is 2.37. The minimum Gasteiger partial charge on any atom is -0.490 e. The van der Waals surface area contributed by atoms with Crippen molar-refractivity contribution in [2.45, 2.75) is 34.3 Å². The molecule has 1 aliphatic rings. The maximum Gasteiger partial charge on any atom is 0.335 e. The summed E-state index contributed by atoms with van der Waals surface area (Å²) in [5, 5.41) is 2.60. The molecule has 1 saturated heterocycles. The van der Waals surface area contributed by atoms with Gasteiger partial charge in [-0.15, -0.1) is 0 Å². The number of nitrogens with one attached hydrogen (secondary N) is 1. The van der Waals surface area contributed by atoms with Crippen LogP contribution in [0.15, 0.2) is 60.2 Å². The Balaban J connectivity index is 1.63. The largest absolute Gasteiger partial charge is 0.490 e. The number of imide groups is 2. The number of benzene rings is 3. The third kappa shape index (κ3) is 5.84. The monoisotopic (exact) mass is 518 g/mol. The summed E-state index contributed by atoms with van der Waals surface area (Å²) < 4.78 is 11.8. The smallest absolute Gasteiger partial charge is 0.335 e. The summed E-state index contributed by atoms with van der Waals surface area (Å²) in [4.78, 5) is 39.4. The Labute approximate surface area is 220 Å². The number of halogens is 1. The van der Waals surface area contributed by atoms with Crippen molar-refractivity contribution in [3.05, 3.63) is 93.0 Å². The number of urea groups is 1. The quantitative estimate of drug-likeness (QED) is 0.310. The van der Waals surface area contributed by atoms with E-state index >= 15 is 0 Å². The van der Waals surface area contributed by atoms with E-state index in [2.05, 4.69) is 23.5 Å². The lowest BCUT2D eigenvalue weighted by molar-refractivity contribution is -0.122. The summed E-state index contributed by atoms with van der Waals surface area (Å²) in [6.45, 7) is 8.44. The molecule has 0 unspecified atom stereocenters. The molecule has 1 N–H and O–H groups in total. The number of nitrogens with zero attached hydrogens (tertiary/aromatic N) is 1. The van der Waals surface area contributed by atoms with Crippen LogP contribution in [0, 0.1) is 20.8 Å². The number of aryl methyl sites for hydroxylation is 3. The second-order valence-corrected chi connectivity index (χ2v) is 9.25. The molecule has 7 nitrogen and oxygen atoms in total. The maximum atomic E-state index is 13.3. The fourth-order valence-electron chi connectivity index (χ4n) is 4.18. The van der Waals surface area contributed by atoms with Crippen LogP contribution in [0.3, 0.4) is 0 Å². The Morgan fingerprint density at radius 3 is 2.32 bits per heavy atom. The van der Waals surface area contributed by atoms with Crippen molar-refractivity contribution in [1.29, 1.82) is 0 Å². The molecule has 3 aromatic carbocycles. The third-order valence-electron chi connectivity index (χ3n) is 5.77. The van der Waals surface area contributed by atoms with Crippen molar-refractivity contribution in [3.8, 4) is 11.5 Å². The molecule has 190 valence electrons. The van der Waals surface area contributed by atoms with Gasteiger partial charge in [0.15, 0.2) is 11.5 Å². The predicted molar refractivity (Wildman–Crippen MR) is 143 cm³/mol. The molecule has 0 saturated carbocycles. The predicted octanol–water partition coefficient (Wildman–Crippen LogP) is 5.91. The Bertz CT molecular complexity index is 1410. The number of anilines is 1. The maximum absolute atomic E-state index is 13.3. The Morgan fingerprint density at radius 2 is 1.62 bits per heavy atom. The highest BCUT2D eigenvalue weighted by atomic mass is 35.5. The van der Waals surface area contributed by atoms with E-state index in [1.807, 2.05) is 20.8 Å². The number of amides is 4. The van der Waals surface area contributed by atoms with Gasteiger partial charge in [0.2, 0.25) is 0 Å². The van der Waals surface area contributed by atoms with Crippen molar-refractivity contribution < 1.29 is 23.9 Å². The molecule has 8 heteroatoms. The Hall–Kier alpha value is -4.10. The molecule has 1 fully saturated rings. The Morgan fingerprint density at radius 1 is 0.892 bits per heavy atom. The first-order valence-corrected chi connectivity index (χ1v) is 12.2. The minimum absolute atomic E-state index is 0.190. The van der Waals surface area contributed by atoms with Crippen LogP contribution in [-0.2, 0) is 16.2 Å². The lowest BCUT2D eigenvalue weighted by atomic mass is 10.1. The standard InChI is InChI=1S/C29H27ClN2O5/c1-5-36-26-14-20(7-9-25(26)37-16-21-11-17(2)10-18(3)12-21)13-23-27(33)31-29(35)32(28(23)34)24-15-22(30)8-6-19(24)4/h6-15H,5,16H2,1-4H3,(H,31,33,35)/b23-13+. The highest BCUT2D eigenvalue weighted by molar-refractivity contribution is 6.39. The first-order chi connectivity index (χ1) is 17.7. The fourth-order valence-corrected chi connectivity index (χ4v) is 4.35. The minimum atomic E-state index is -0.831. The van der Waals surface area contributed by atoms with Crippen molar-refractivity contribution in [3.63, 3.8) is 0 Å². The second kappa shape index (κ2) is 10.9. The molecule has 3 aromatic rings. The number of barbiturate groups is 1. The molecule has 0 aromatic heterocycles. The van der Waals surface area contributed by atoms with Crippen LogP contribution in [0.5, 0.6) is 11.5 Å². The van der Waals surface area contributed by atoms with Gasteiger partial charge in [-0.1, -0.05) is 53.1 Å². The van der Waals surface area contributed by atoms with E-state index in [1.165, 1.54) is 12.1 Å². The van der Waals surface area contributed by atoms with Crippen LogP contribution >= 0.6 is 11.6 Å². The van der Waals surface area contributed by atoms with Crippen molar-refractivity contribution in [2.75, 3.05) is 11.5 Å². The van der Waals surface area contributed by atoms with Crippen LogP contribution in [0.25, 0.3) is 6.08 Å². The molecule has 0 aliphatic carbocycles. The average Bonchev–Trinajstić information content (AvgIpc) is 2.83. The van der Waals surface area contributed by atoms with E-state index in [0.717, 1.165) is 21.6 Å². The van der Waals surface area contributed by atoms with Gasteiger partial charge in [0.1, 0.15) is 12.2 Å². The zero-order valence-corrected chi connectivity index (χ0v) is 21.8. The van der Waals surface area contributed by atoms with Gasteiger partial charge in [0.05, 0.1) is 12.3 Å². The molecule has 1 heterocycles. The van der Waals surface area contributed by atoms with E-state index in [9.17, 15) is 14.4 Å². The highest BCUT2D eigenvalue weighted by Crippen LogP contribution is 2.32. The molecular weight excluding hydrogens is 492 g/mol. The molecule has 0 atom stereocenters. The molecule has 1 aliphatic heterocycles. The Kier molecular flexibility index (Phi) is 7.64. The number of rotatable bonds is 7. The average molecular weight is 519 g/mol. The van der Waals surface area contributed by atoms with Gasteiger partial charge in [0, 0.05) is 5.02 Å². The van der Waals surface area contributed by atoms with Crippen LogP contribution in [-0.4, -0.2) is 24.5 Å². The summed E-state index contributed by atoms with van der Waals surface area (Å²) in [6, 6.07) is 15.4. The lowest BCUT2D eigenvalue weighted by Gasteiger charge is -2.27. The van der Waals surface area contributed by atoms with E-state index in [1.54, 1.807) is 37.3 Å². The van der Waals surface area contributed by atoms with Crippen molar-refractivity contribution in [1.82, 2.24) is 5.32 Å². The molecule has 0 spiro atoms. The summed E-state index contributed by atoms with van der Waals surface area (Å²) >= 11 is 6.09. The van der Waals surface area contributed by atoms with Gasteiger partial charge in [-0.25, -0.2) is 9.69 Å². The van der Waals surface area contributed by atoms with Crippen molar-refractivity contribution in [2.24, 2.45) is 0 Å². The molecular formula is C29H27ClN2O5. The second-order valence-electron chi connectivity index (χ2n) is 8.81. The van der Waals surface area contributed by atoms with Crippen molar-refractivity contribution >= 4 is 41.2 Å². The van der Waals surface area contributed by atoms with Gasteiger partial charge >= 0.3 is 6.03 Å². The molecule has 4 amide bonds. The third-order valence-corrected chi connectivity index (χ3v) is 6.00. The van der Waals surface area contributed by atoms with E-state index in [-0.39, 0.29) is 5.57 Å². The van der Waals surface area contributed by atoms with Gasteiger partial charge in [-0.3, -0.25) is 14.9 Å². The fraction of sp³-hybridized carbons (Fsp3) is 0.207. The van der Waals surface area contributed by atoms with E-state index in [0.29, 0.717) is 46.5 Å². The van der Waals surface area contributed by atoms with Crippen LogP contribution < -0.4 is 19.7 Å². The molecule has 4 rings (SSSR count). The summed E-state index contributed by atoms with van der Waals surface area (Å²) in [5.41, 5.74) is 4.66. The van der Waals surface area contributed by atoms with E-state index < -0.39 is 17.8 Å². The lowest BCUT2D eigenvalue weighted by Crippen LogP contribution is -2.54. The van der Waals surface area contributed by atoms with Gasteiger partial charge in [0.25, 0.3) is 11.8 Å². The molecule has 0 bridgehead atoms. The van der Waals surface area contributed by atoms with Gasteiger partial charge < -0.3 is 9.47 Å². The first-order valence-electron chi connectivity index (χ1n) is 11.8. The number of hydrogen-bond acceptors (Lipinski definition) is 5.